The highest BCUT2D eigenvalue weighted by atomic mass is 32.2. The van der Waals surface area contributed by atoms with Crippen LogP contribution < -0.4 is 0 Å². The SMILES string of the molecule is CCN(C1CCCCC1)S(=O)(=O)c1ncccc1F. The second kappa shape index (κ2) is 5.96. The third kappa shape index (κ3) is 2.95. The fraction of sp³-hybridized carbons (Fsp3) is 0.615. The molecule has 0 aromatic carbocycles. The van der Waals surface area contributed by atoms with Crippen molar-refractivity contribution < 1.29 is 12.8 Å². The van der Waals surface area contributed by atoms with Crippen LogP contribution in [0.5, 0.6) is 0 Å². The minimum Gasteiger partial charge on any atom is -0.241 e. The van der Waals surface area contributed by atoms with Crippen molar-refractivity contribution in [3.63, 3.8) is 0 Å². The van der Waals surface area contributed by atoms with E-state index in [4.69, 9.17) is 0 Å². The van der Waals surface area contributed by atoms with E-state index in [-0.39, 0.29) is 6.04 Å². The number of hydrogen-bond donors (Lipinski definition) is 0. The molecule has 106 valence electrons. The number of aromatic nitrogens is 1. The van der Waals surface area contributed by atoms with Gasteiger partial charge in [-0.3, -0.25) is 0 Å². The van der Waals surface area contributed by atoms with E-state index in [2.05, 4.69) is 4.98 Å². The fourth-order valence-corrected chi connectivity index (χ4v) is 4.34. The molecule has 1 aliphatic rings. The average Bonchev–Trinajstić information content (AvgIpc) is 2.40. The zero-order valence-corrected chi connectivity index (χ0v) is 11.9. The molecule has 0 spiro atoms. The van der Waals surface area contributed by atoms with Gasteiger partial charge >= 0.3 is 0 Å². The first-order valence-electron chi connectivity index (χ1n) is 6.69. The minimum absolute atomic E-state index is 0.0230. The Labute approximate surface area is 113 Å². The van der Waals surface area contributed by atoms with Gasteiger partial charge in [0.25, 0.3) is 10.0 Å². The molecule has 1 saturated carbocycles. The Morgan fingerprint density at radius 3 is 2.63 bits per heavy atom. The van der Waals surface area contributed by atoms with Crippen LogP contribution >= 0.6 is 0 Å². The van der Waals surface area contributed by atoms with Crippen molar-refractivity contribution in [2.75, 3.05) is 6.54 Å². The highest BCUT2D eigenvalue weighted by molar-refractivity contribution is 7.89. The lowest BCUT2D eigenvalue weighted by atomic mass is 9.95. The molecule has 0 bridgehead atoms. The lowest BCUT2D eigenvalue weighted by Gasteiger charge is -2.32. The van der Waals surface area contributed by atoms with Gasteiger partial charge in [-0.15, -0.1) is 0 Å². The van der Waals surface area contributed by atoms with Gasteiger partial charge in [-0.1, -0.05) is 26.2 Å². The lowest BCUT2D eigenvalue weighted by Crippen LogP contribution is -2.41. The summed E-state index contributed by atoms with van der Waals surface area (Å²) in [7, 11) is -3.83. The van der Waals surface area contributed by atoms with Crippen LogP contribution in [-0.2, 0) is 10.0 Å². The van der Waals surface area contributed by atoms with Crippen LogP contribution in [0.4, 0.5) is 4.39 Å². The molecule has 1 heterocycles. The van der Waals surface area contributed by atoms with Crippen LogP contribution in [0.1, 0.15) is 39.0 Å². The lowest BCUT2D eigenvalue weighted by molar-refractivity contribution is 0.260. The summed E-state index contributed by atoms with van der Waals surface area (Å²) in [6, 6.07) is 2.50. The van der Waals surface area contributed by atoms with E-state index in [0.29, 0.717) is 6.54 Å². The quantitative estimate of drug-likeness (QED) is 0.854. The Kier molecular flexibility index (Phi) is 4.52. The van der Waals surface area contributed by atoms with Crippen molar-refractivity contribution in [2.24, 2.45) is 0 Å². The van der Waals surface area contributed by atoms with E-state index in [1.54, 1.807) is 6.92 Å². The maximum absolute atomic E-state index is 13.7. The van der Waals surface area contributed by atoms with Gasteiger partial charge < -0.3 is 0 Å². The summed E-state index contributed by atoms with van der Waals surface area (Å²) in [5, 5.41) is -0.456. The monoisotopic (exact) mass is 286 g/mol. The molecule has 0 amide bonds. The van der Waals surface area contributed by atoms with Crippen molar-refractivity contribution in [1.29, 1.82) is 0 Å². The Morgan fingerprint density at radius 2 is 2.05 bits per heavy atom. The van der Waals surface area contributed by atoms with Crippen LogP contribution in [-0.4, -0.2) is 30.3 Å². The summed E-state index contributed by atoms with van der Waals surface area (Å²) in [5.74, 6) is -0.781. The second-order valence-corrected chi connectivity index (χ2v) is 6.60. The molecule has 4 nitrogen and oxygen atoms in total. The Bertz CT molecular complexity index is 527. The first kappa shape index (κ1) is 14.4. The van der Waals surface area contributed by atoms with Crippen molar-refractivity contribution >= 4 is 10.0 Å². The van der Waals surface area contributed by atoms with Gasteiger partial charge in [0.05, 0.1) is 0 Å². The summed E-state index contributed by atoms with van der Waals surface area (Å²) in [5.41, 5.74) is 0. The second-order valence-electron chi connectivity index (χ2n) is 4.79. The molecule has 0 saturated heterocycles. The van der Waals surface area contributed by atoms with Gasteiger partial charge in [0.2, 0.25) is 5.03 Å². The van der Waals surface area contributed by atoms with Crippen LogP contribution in [0.2, 0.25) is 0 Å². The van der Waals surface area contributed by atoms with E-state index < -0.39 is 20.9 Å². The first-order chi connectivity index (χ1) is 9.07. The Balaban J connectivity index is 2.33. The number of hydrogen-bond acceptors (Lipinski definition) is 3. The third-order valence-corrected chi connectivity index (χ3v) is 5.53. The first-order valence-corrected chi connectivity index (χ1v) is 8.13. The molecule has 19 heavy (non-hydrogen) atoms. The molecule has 0 radical (unpaired) electrons. The van der Waals surface area contributed by atoms with Crippen molar-refractivity contribution in [3.05, 3.63) is 24.1 Å². The minimum atomic E-state index is -3.83. The topological polar surface area (TPSA) is 50.3 Å². The normalized spacial score (nSPS) is 17.8. The van der Waals surface area contributed by atoms with E-state index in [0.717, 1.165) is 38.2 Å². The number of rotatable bonds is 4. The van der Waals surface area contributed by atoms with Crippen LogP contribution in [0.15, 0.2) is 23.4 Å². The van der Waals surface area contributed by atoms with Crippen molar-refractivity contribution in [3.8, 4) is 0 Å². The molecule has 0 unspecified atom stereocenters. The molecule has 2 rings (SSSR count). The molecule has 1 aliphatic carbocycles. The Morgan fingerprint density at radius 1 is 1.37 bits per heavy atom. The van der Waals surface area contributed by atoms with Crippen LogP contribution in [0.25, 0.3) is 0 Å². The number of sulfonamides is 1. The highest BCUT2D eigenvalue weighted by Gasteiger charge is 2.33. The zero-order valence-electron chi connectivity index (χ0n) is 11.0. The van der Waals surface area contributed by atoms with Gasteiger partial charge in [-0.2, -0.15) is 4.31 Å². The largest absolute Gasteiger partial charge is 0.263 e. The maximum Gasteiger partial charge on any atom is 0.263 e. The molecular formula is C13H19FN2O2S. The highest BCUT2D eigenvalue weighted by Crippen LogP contribution is 2.27. The predicted octanol–water partition coefficient (Wildman–Crippen LogP) is 2.56. The van der Waals surface area contributed by atoms with E-state index in [1.165, 1.54) is 16.6 Å². The van der Waals surface area contributed by atoms with E-state index >= 15 is 0 Å². The smallest absolute Gasteiger partial charge is 0.241 e. The molecular weight excluding hydrogens is 267 g/mol. The van der Waals surface area contributed by atoms with Crippen LogP contribution in [0.3, 0.4) is 0 Å². The number of halogens is 1. The summed E-state index contributed by atoms with van der Waals surface area (Å²) in [4.78, 5) is 3.71. The molecule has 1 aromatic rings. The van der Waals surface area contributed by atoms with Crippen molar-refractivity contribution in [2.45, 2.75) is 50.1 Å². The zero-order chi connectivity index (χ0) is 13.9. The van der Waals surface area contributed by atoms with Crippen LogP contribution in [0, 0.1) is 5.82 Å². The fourth-order valence-electron chi connectivity index (χ4n) is 2.67. The predicted molar refractivity (Wildman–Crippen MR) is 70.6 cm³/mol. The third-order valence-electron chi connectivity index (χ3n) is 3.57. The summed E-state index contributed by atoms with van der Waals surface area (Å²) < 4.78 is 40.1. The molecule has 1 aromatic heterocycles. The van der Waals surface area contributed by atoms with E-state index in [9.17, 15) is 12.8 Å². The number of pyridine rings is 1. The number of nitrogens with zero attached hydrogens (tertiary/aromatic N) is 2. The molecule has 1 fully saturated rings. The summed E-state index contributed by atoms with van der Waals surface area (Å²) >= 11 is 0. The maximum atomic E-state index is 13.7. The standard InChI is InChI=1S/C13H19FN2O2S/c1-2-16(11-7-4-3-5-8-11)19(17,18)13-12(14)9-6-10-15-13/h6,9-11H,2-5,7-8H2,1H3. The molecule has 0 atom stereocenters. The molecule has 6 heteroatoms. The molecule has 0 N–H and O–H groups in total. The van der Waals surface area contributed by atoms with Gasteiger partial charge in [0, 0.05) is 18.8 Å². The summed E-state index contributed by atoms with van der Waals surface area (Å²) in [6.07, 6.45) is 6.21. The Hall–Kier alpha value is -1.01. The van der Waals surface area contributed by atoms with Gasteiger partial charge in [-0.05, 0) is 25.0 Å². The van der Waals surface area contributed by atoms with E-state index in [1.807, 2.05) is 0 Å². The average molecular weight is 286 g/mol. The molecule has 0 aliphatic heterocycles. The van der Waals surface area contributed by atoms with Gasteiger partial charge in [-0.25, -0.2) is 17.8 Å². The van der Waals surface area contributed by atoms with Crippen molar-refractivity contribution in [1.82, 2.24) is 9.29 Å². The van der Waals surface area contributed by atoms with Gasteiger partial charge in [0.15, 0.2) is 5.82 Å². The van der Waals surface area contributed by atoms with Gasteiger partial charge in [0.1, 0.15) is 0 Å². The summed E-state index contributed by atoms with van der Waals surface area (Å²) in [6.45, 7) is 2.13.